The van der Waals surface area contributed by atoms with Gasteiger partial charge in [-0.1, -0.05) is 101 Å². The molecule has 2 nitrogen and oxygen atoms in total. The maximum absolute atomic E-state index is 4.76. The van der Waals surface area contributed by atoms with Crippen LogP contribution in [0.4, 0.5) is 17.2 Å². The minimum Gasteiger partial charge on any atom is -0.295 e. The number of benzene rings is 5. The average molecular weight is 563 g/mol. The van der Waals surface area contributed by atoms with Crippen LogP contribution in [-0.2, 0) is 5.41 Å². The third-order valence-corrected chi connectivity index (χ3v) is 8.68. The first-order valence-corrected chi connectivity index (χ1v) is 14.0. The summed E-state index contributed by atoms with van der Waals surface area (Å²) >= 11 is 3.80. The molecule has 5 aromatic carbocycles. The molecule has 0 amide bonds. The lowest BCUT2D eigenvalue weighted by atomic mass is 9.70. The van der Waals surface area contributed by atoms with Crippen LogP contribution in [0.3, 0.4) is 0 Å². The molecule has 39 heavy (non-hydrogen) atoms. The van der Waals surface area contributed by atoms with Crippen molar-refractivity contribution in [1.82, 2.24) is 4.98 Å². The van der Waals surface area contributed by atoms with Crippen LogP contribution in [0.5, 0.6) is 0 Å². The van der Waals surface area contributed by atoms with E-state index in [2.05, 4.69) is 142 Å². The summed E-state index contributed by atoms with van der Waals surface area (Å²) in [6.07, 6.45) is 1.86. The zero-order valence-electron chi connectivity index (χ0n) is 21.1. The minimum absolute atomic E-state index is 0.399. The zero-order valence-corrected chi connectivity index (χ0v) is 22.6. The van der Waals surface area contributed by atoms with Gasteiger partial charge in [-0.2, -0.15) is 0 Å². The second-order valence-corrected chi connectivity index (χ2v) is 11.0. The molecule has 0 radical (unpaired) electrons. The first-order chi connectivity index (χ1) is 19.3. The number of rotatable bonds is 3. The Bertz CT molecular complexity index is 1790. The molecule has 1 heterocycles. The maximum atomic E-state index is 4.76. The summed E-state index contributed by atoms with van der Waals surface area (Å²) in [4.78, 5) is 7.01. The van der Waals surface area contributed by atoms with E-state index in [0.29, 0.717) is 0 Å². The molecule has 0 atom stereocenters. The number of nitrogens with zero attached hydrogens (tertiary/aromatic N) is 2. The molecule has 2 aliphatic carbocycles. The molecule has 3 heteroatoms. The Hall–Kier alpha value is -4.47. The van der Waals surface area contributed by atoms with Crippen LogP contribution < -0.4 is 4.90 Å². The van der Waals surface area contributed by atoms with Crippen LogP contribution in [-0.4, -0.2) is 4.98 Å². The van der Waals surface area contributed by atoms with Crippen LogP contribution in [0.25, 0.3) is 22.3 Å². The summed E-state index contributed by atoms with van der Waals surface area (Å²) in [7, 11) is 0. The van der Waals surface area contributed by atoms with Gasteiger partial charge in [-0.15, -0.1) is 0 Å². The second kappa shape index (κ2) is 8.52. The molecule has 0 unspecified atom stereocenters. The van der Waals surface area contributed by atoms with Crippen molar-refractivity contribution in [2.24, 2.45) is 0 Å². The van der Waals surface area contributed by atoms with Crippen molar-refractivity contribution in [2.75, 3.05) is 4.90 Å². The summed E-state index contributed by atoms with van der Waals surface area (Å²) in [6.45, 7) is 0. The standard InChI is InChI=1S/C36H23BrN2/c37-24-17-19-29-30-20-18-26(39(25-10-2-1-3-11-25)35-16-8-9-21-38-35)23-34(30)36(33(29)22-24)31-14-6-4-12-27(31)28-13-5-7-15-32(28)36/h1-23H. The van der Waals surface area contributed by atoms with E-state index in [-0.39, 0.29) is 0 Å². The van der Waals surface area contributed by atoms with Gasteiger partial charge in [0.25, 0.3) is 0 Å². The maximum Gasteiger partial charge on any atom is 0.137 e. The number of hydrogen-bond donors (Lipinski definition) is 0. The van der Waals surface area contributed by atoms with E-state index in [1.165, 1.54) is 44.5 Å². The predicted molar refractivity (Wildman–Crippen MR) is 163 cm³/mol. The summed E-state index contributed by atoms with van der Waals surface area (Å²) in [6, 6.07) is 48.1. The zero-order chi connectivity index (χ0) is 26.0. The molecule has 184 valence electrons. The molecule has 0 saturated carbocycles. The SMILES string of the molecule is Brc1ccc2c(c1)C1(c3ccccc3-c3ccccc31)c1cc(N(c3ccccc3)c3ccccn3)ccc1-2. The molecule has 0 fully saturated rings. The first-order valence-electron chi connectivity index (χ1n) is 13.2. The fraction of sp³-hybridized carbons (Fsp3) is 0.0278. The Kier molecular flexibility index (Phi) is 4.92. The van der Waals surface area contributed by atoms with E-state index in [1.807, 2.05) is 18.3 Å². The fourth-order valence-corrected chi connectivity index (χ4v) is 7.08. The van der Waals surface area contributed by atoms with Crippen molar-refractivity contribution in [3.63, 3.8) is 0 Å². The predicted octanol–water partition coefficient (Wildman–Crippen LogP) is 9.66. The lowest BCUT2D eigenvalue weighted by Gasteiger charge is -2.32. The normalized spacial score (nSPS) is 13.5. The van der Waals surface area contributed by atoms with Gasteiger partial charge in [0.1, 0.15) is 5.82 Å². The molecule has 0 N–H and O–H groups in total. The van der Waals surface area contributed by atoms with E-state index in [1.54, 1.807) is 0 Å². The Morgan fingerprint density at radius 3 is 1.77 bits per heavy atom. The van der Waals surface area contributed by atoms with Gasteiger partial charge in [0, 0.05) is 22.0 Å². The fourth-order valence-electron chi connectivity index (χ4n) is 6.72. The molecule has 0 aliphatic heterocycles. The third kappa shape index (κ3) is 3.11. The Labute approximate surface area is 236 Å². The van der Waals surface area contributed by atoms with Crippen LogP contribution in [0.15, 0.2) is 144 Å². The van der Waals surface area contributed by atoms with Crippen LogP contribution in [0, 0.1) is 0 Å². The number of fused-ring (bicyclic) bond motifs is 10. The van der Waals surface area contributed by atoms with Gasteiger partial charge >= 0.3 is 0 Å². The second-order valence-electron chi connectivity index (χ2n) is 10.1. The van der Waals surface area contributed by atoms with Gasteiger partial charge in [-0.3, -0.25) is 4.90 Å². The number of anilines is 3. The number of aromatic nitrogens is 1. The number of para-hydroxylation sites is 1. The van der Waals surface area contributed by atoms with Gasteiger partial charge in [0.05, 0.1) is 5.41 Å². The van der Waals surface area contributed by atoms with Crippen molar-refractivity contribution in [3.8, 4) is 22.3 Å². The Morgan fingerprint density at radius 1 is 0.487 bits per heavy atom. The third-order valence-electron chi connectivity index (χ3n) is 8.19. The molecule has 1 spiro atoms. The molecule has 2 aliphatic rings. The molecular formula is C36H23BrN2. The van der Waals surface area contributed by atoms with E-state index >= 15 is 0 Å². The summed E-state index contributed by atoms with van der Waals surface area (Å²) in [5, 5.41) is 0. The summed E-state index contributed by atoms with van der Waals surface area (Å²) in [5.74, 6) is 0.892. The van der Waals surface area contributed by atoms with Gasteiger partial charge in [0.2, 0.25) is 0 Å². The van der Waals surface area contributed by atoms with Crippen LogP contribution >= 0.6 is 15.9 Å². The van der Waals surface area contributed by atoms with E-state index < -0.39 is 5.41 Å². The van der Waals surface area contributed by atoms with Gasteiger partial charge in [0.15, 0.2) is 0 Å². The van der Waals surface area contributed by atoms with Crippen LogP contribution in [0.1, 0.15) is 22.3 Å². The highest BCUT2D eigenvalue weighted by Crippen LogP contribution is 2.63. The average Bonchev–Trinajstić information content (AvgIpc) is 3.45. The highest BCUT2D eigenvalue weighted by molar-refractivity contribution is 9.10. The van der Waals surface area contributed by atoms with Gasteiger partial charge < -0.3 is 0 Å². The van der Waals surface area contributed by atoms with E-state index in [9.17, 15) is 0 Å². The highest BCUT2D eigenvalue weighted by Gasteiger charge is 2.51. The summed E-state index contributed by atoms with van der Waals surface area (Å²) < 4.78 is 1.09. The van der Waals surface area contributed by atoms with Crippen molar-refractivity contribution in [2.45, 2.75) is 5.41 Å². The minimum atomic E-state index is -0.399. The topological polar surface area (TPSA) is 16.1 Å². The molecule has 0 saturated heterocycles. The first kappa shape index (κ1) is 22.5. The lowest BCUT2D eigenvalue weighted by Crippen LogP contribution is -2.26. The molecule has 1 aromatic heterocycles. The van der Waals surface area contributed by atoms with Crippen molar-refractivity contribution >= 4 is 33.1 Å². The molecular weight excluding hydrogens is 540 g/mol. The summed E-state index contributed by atoms with van der Waals surface area (Å²) in [5.41, 5.74) is 12.3. The van der Waals surface area contributed by atoms with Crippen LogP contribution in [0.2, 0.25) is 0 Å². The molecule has 6 aromatic rings. The van der Waals surface area contributed by atoms with Crippen molar-refractivity contribution in [1.29, 1.82) is 0 Å². The number of halogens is 1. The number of pyridine rings is 1. The van der Waals surface area contributed by atoms with E-state index in [0.717, 1.165) is 21.7 Å². The van der Waals surface area contributed by atoms with Crippen molar-refractivity contribution < 1.29 is 0 Å². The monoisotopic (exact) mass is 562 g/mol. The number of hydrogen-bond acceptors (Lipinski definition) is 2. The van der Waals surface area contributed by atoms with Crippen molar-refractivity contribution in [3.05, 3.63) is 166 Å². The van der Waals surface area contributed by atoms with Gasteiger partial charge in [-0.25, -0.2) is 4.98 Å². The largest absolute Gasteiger partial charge is 0.295 e. The lowest BCUT2D eigenvalue weighted by molar-refractivity contribution is 0.793. The quantitative estimate of drug-likeness (QED) is 0.213. The Morgan fingerprint density at radius 2 is 1.08 bits per heavy atom. The highest BCUT2D eigenvalue weighted by atomic mass is 79.9. The van der Waals surface area contributed by atoms with Gasteiger partial charge in [-0.05, 0) is 93.0 Å². The molecule has 8 rings (SSSR count). The van der Waals surface area contributed by atoms with E-state index in [4.69, 9.17) is 4.98 Å². The Balaban J connectivity index is 1.46. The molecule has 0 bridgehead atoms. The smallest absolute Gasteiger partial charge is 0.137 e.